The molecule has 3 heterocycles. The molecule has 6 nitrogen and oxygen atoms in total. The third-order valence-corrected chi connectivity index (χ3v) is 6.21. The van der Waals surface area contributed by atoms with E-state index in [-0.39, 0.29) is 23.8 Å². The average Bonchev–Trinajstić information content (AvgIpc) is 3.34. The summed E-state index contributed by atoms with van der Waals surface area (Å²) in [4.78, 5) is 19.3. The van der Waals surface area contributed by atoms with Crippen molar-refractivity contribution in [3.63, 3.8) is 0 Å². The number of fused-ring (bicyclic) bond motifs is 1. The van der Waals surface area contributed by atoms with Crippen LogP contribution in [0.4, 0.5) is 4.39 Å². The SMILES string of the molecule is Cc1nc2cc(C3CCCN3Cc3cccc(F)c3)nn2c(C)c1CCC(=O)NC(C)C. The second kappa shape index (κ2) is 9.36. The van der Waals surface area contributed by atoms with Crippen molar-refractivity contribution in [3.8, 4) is 0 Å². The Morgan fingerprint density at radius 1 is 1.28 bits per heavy atom. The predicted octanol–water partition coefficient (Wildman–Crippen LogP) is 4.28. The third kappa shape index (κ3) is 4.83. The highest BCUT2D eigenvalue weighted by Gasteiger charge is 2.29. The molecule has 0 radical (unpaired) electrons. The summed E-state index contributed by atoms with van der Waals surface area (Å²) in [5.41, 5.74) is 5.88. The summed E-state index contributed by atoms with van der Waals surface area (Å²) >= 11 is 0. The van der Waals surface area contributed by atoms with Crippen LogP contribution in [0.15, 0.2) is 30.3 Å². The van der Waals surface area contributed by atoms with Crippen LogP contribution in [0.25, 0.3) is 5.65 Å². The van der Waals surface area contributed by atoms with E-state index in [1.54, 1.807) is 12.1 Å². The highest BCUT2D eigenvalue weighted by molar-refractivity contribution is 5.76. The maximum atomic E-state index is 13.6. The molecule has 1 aliphatic heterocycles. The average molecular weight is 438 g/mol. The number of aryl methyl sites for hydroxylation is 2. The molecule has 32 heavy (non-hydrogen) atoms. The molecule has 170 valence electrons. The van der Waals surface area contributed by atoms with Gasteiger partial charge in [0.05, 0.1) is 11.7 Å². The number of benzene rings is 1. The molecule has 1 saturated heterocycles. The van der Waals surface area contributed by atoms with Crippen molar-refractivity contribution in [3.05, 3.63) is 64.4 Å². The quantitative estimate of drug-likeness (QED) is 0.599. The number of hydrogen-bond donors (Lipinski definition) is 1. The Kier molecular flexibility index (Phi) is 6.55. The summed E-state index contributed by atoms with van der Waals surface area (Å²) in [5.74, 6) is -0.144. The van der Waals surface area contributed by atoms with Gasteiger partial charge in [0.15, 0.2) is 5.65 Å². The summed E-state index contributed by atoms with van der Waals surface area (Å²) in [7, 11) is 0. The zero-order valence-electron chi connectivity index (χ0n) is 19.4. The van der Waals surface area contributed by atoms with Crippen LogP contribution in [0.3, 0.4) is 0 Å². The molecule has 1 N–H and O–H groups in total. The van der Waals surface area contributed by atoms with Crippen LogP contribution in [0.5, 0.6) is 0 Å². The van der Waals surface area contributed by atoms with E-state index in [2.05, 4.69) is 16.3 Å². The van der Waals surface area contributed by atoms with Gasteiger partial charge in [-0.05, 0) is 76.8 Å². The molecule has 2 aromatic heterocycles. The van der Waals surface area contributed by atoms with Gasteiger partial charge in [0.25, 0.3) is 0 Å². The van der Waals surface area contributed by atoms with Crippen molar-refractivity contribution >= 4 is 11.6 Å². The highest BCUT2D eigenvalue weighted by Crippen LogP contribution is 2.33. The first-order valence-corrected chi connectivity index (χ1v) is 11.5. The van der Waals surface area contributed by atoms with Gasteiger partial charge in [-0.3, -0.25) is 9.69 Å². The van der Waals surface area contributed by atoms with Gasteiger partial charge in [0, 0.05) is 36.5 Å². The Balaban J connectivity index is 1.56. The molecule has 0 bridgehead atoms. The molecule has 1 fully saturated rings. The number of rotatable bonds is 7. The lowest BCUT2D eigenvalue weighted by molar-refractivity contribution is -0.121. The van der Waals surface area contributed by atoms with E-state index >= 15 is 0 Å². The van der Waals surface area contributed by atoms with Crippen LogP contribution < -0.4 is 5.32 Å². The minimum Gasteiger partial charge on any atom is -0.354 e. The summed E-state index contributed by atoms with van der Waals surface area (Å²) in [6.45, 7) is 9.66. The van der Waals surface area contributed by atoms with E-state index in [1.165, 1.54) is 6.07 Å². The number of likely N-dealkylation sites (tertiary alicyclic amines) is 1. The maximum absolute atomic E-state index is 13.6. The fourth-order valence-corrected chi connectivity index (χ4v) is 4.72. The Bertz CT molecular complexity index is 1120. The topological polar surface area (TPSA) is 62.5 Å². The van der Waals surface area contributed by atoms with Crippen LogP contribution in [-0.2, 0) is 17.8 Å². The van der Waals surface area contributed by atoms with Crippen molar-refractivity contribution < 1.29 is 9.18 Å². The van der Waals surface area contributed by atoms with E-state index in [0.29, 0.717) is 19.4 Å². The van der Waals surface area contributed by atoms with E-state index in [0.717, 1.165) is 53.2 Å². The van der Waals surface area contributed by atoms with Gasteiger partial charge < -0.3 is 5.32 Å². The standard InChI is InChI=1S/C25H32FN5O/c1-16(2)27-25(32)11-10-21-17(3)28-24-14-22(29-31(24)18(21)4)23-9-6-12-30(23)15-19-7-5-8-20(26)13-19/h5,7-8,13-14,16,23H,6,9-12,15H2,1-4H3,(H,27,32). The Labute approximate surface area is 188 Å². The smallest absolute Gasteiger partial charge is 0.220 e. The van der Waals surface area contributed by atoms with Crippen molar-refractivity contribution in [2.24, 2.45) is 0 Å². The molecule has 1 amide bonds. The molecule has 1 atom stereocenters. The zero-order valence-corrected chi connectivity index (χ0v) is 19.4. The van der Waals surface area contributed by atoms with Crippen molar-refractivity contribution in [2.75, 3.05) is 6.54 Å². The van der Waals surface area contributed by atoms with Crippen LogP contribution in [0, 0.1) is 19.7 Å². The highest BCUT2D eigenvalue weighted by atomic mass is 19.1. The molecule has 4 rings (SSSR count). The van der Waals surface area contributed by atoms with Crippen LogP contribution in [-0.4, -0.2) is 38.0 Å². The Hall–Kier alpha value is -2.80. The number of halogens is 1. The van der Waals surface area contributed by atoms with Crippen molar-refractivity contribution in [1.82, 2.24) is 24.8 Å². The summed E-state index contributed by atoms with van der Waals surface area (Å²) in [5, 5.41) is 7.87. The largest absolute Gasteiger partial charge is 0.354 e. The van der Waals surface area contributed by atoms with E-state index in [1.807, 2.05) is 38.3 Å². The predicted molar refractivity (Wildman–Crippen MR) is 123 cm³/mol. The number of carbonyl (C=O) groups is 1. The van der Waals surface area contributed by atoms with Crippen molar-refractivity contribution in [2.45, 2.75) is 72.0 Å². The van der Waals surface area contributed by atoms with Gasteiger partial charge in [-0.1, -0.05) is 12.1 Å². The minimum absolute atomic E-state index is 0.0546. The molecule has 1 unspecified atom stereocenters. The second-order valence-corrected chi connectivity index (χ2v) is 9.08. The van der Waals surface area contributed by atoms with E-state index < -0.39 is 0 Å². The summed E-state index contributed by atoms with van der Waals surface area (Å²) in [6, 6.07) is 9.23. The van der Waals surface area contributed by atoms with E-state index in [9.17, 15) is 9.18 Å². The first kappa shape index (κ1) is 22.4. The first-order chi connectivity index (χ1) is 15.3. The summed E-state index contributed by atoms with van der Waals surface area (Å²) in [6.07, 6.45) is 3.20. The minimum atomic E-state index is -0.198. The van der Waals surface area contributed by atoms with Gasteiger partial charge in [-0.25, -0.2) is 13.9 Å². The van der Waals surface area contributed by atoms with Crippen LogP contribution >= 0.6 is 0 Å². The molecule has 0 saturated carbocycles. The maximum Gasteiger partial charge on any atom is 0.220 e. The number of carbonyl (C=O) groups excluding carboxylic acids is 1. The molecule has 1 aromatic carbocycles. The lowest BCUT2D eigenvalue weighted by Gasteiger charge is -2.23. The van der Waals surface area contributed by atoms with Gasteiger partial charge >= 0.3 is 0 Å². The van der Waals surface area contributed by atoms with Gasteiger partial charge in [0.2, 0.25) is 5.91 Å². The Morgan fingerprint density at radius 3 is 2.84 bits per heavy atom. The molecule has 0 aliphatic carbocycles. The number of hydrogen-bond acceptors (Lipinski definition) is 4. The number of nitrogens with zero attached hydrogens (tertiary/aromatic N) is 4. The fourth-order valence-electron chi connectivity index (χ4n) is 4.72. The van der Waals surface area contributed by atoms with Gasteiger partial charge in [-0.15, -0.1) is 0 Å². The van der Waals surface area contributed by atoms with E-state index in [4.69, 9.17) is 10.1 Å². The van der Waals surface area contributed by atoms with Crippen molar-refractivity contribution in [1.29, 1.82) is 0 Å². The van der Waals surface area contributed by atoms with Crippen LogP contribution in [0.2, 0.25) is 0 Å². The Morgan fingerprint density at radius 2 is 2.09 bits per heavy atom. The normalized spacial score (nSPS) is 16.9. The third-order valence-electron chi connectivity index (χ3n) is 6.21. The molecule has 1 aliphatic rings. The number of aromatic nitrogens is 3. The number of amides is 1. The lowest BCUT2D eigenvalue weighted by atomic mass is 10.1. The monoisotopic (exact) mass is 437 g/mol. The zero-order chi connectivity index (χ0) is 22.8. The van der Waals surface area contributed by atoms with Crippen LogP contribution in [0.1, 0.15) is 67.4 Å². The molecular weight excluding hydrogens is 405 g/mol. The molecule has 3 aromatic rings. The van der Waals surface area contributed by atoms with Gasteiger partial charge in [-0.2, -0.15) is 5.10 Å². The van der Waals surface area contributed by atoms with Gasteiger partial charge in [0.1, 0.15) is 5.82 Å². The lowest BCUT2D eigenvalue weighted by Crippen LogP contribution is -2.30. The summed E-state index contributed by atoms with van der Waals surface area (Å²) < 4.78 is 15.5. The fraction of sp³-hybridized carbons (Fsp3) is 0.480. The molecular formula is C25H32FN5O. The second-order valence-electron chi connectivity index (χ2n) is 9.08. The number of nitrogens with one attached hydrogen (secondary N) is 1. The molecule has 0 spiro atoms. The molecule has 7 heteroatoms. The first-order valence-electron chi connectivity index (χ1n) is 11.5.